The maximum atomic E-state index is 11.3. The van der Waals surface area contributed by atoms with Gasteiger partial charge in [-0.1, -0.05) is 18.9 Å². The fraction of sp³-hybridized carbons (Fsp3) is 0.636. The van der Waals surface area contributed by atoms with Gasteiger partial charge in [-0.15, -0.1) is 0 Å². The van der Waals surface area contributed by atoms with Crippen LogP contribution in [0.5, 0.6) is 0 Å². The van der Waals surface area contributed by atoms with Crippen molar-refractivity contribution in [3.8, 4) is 0 Å². The van der Waals surface area contributed by atoms with E-state index in [1.165, 1.54) is 7.11 Å². The molecule has 0 heterocycles. The van der Waals surface area contributed by atoms with E-state index in [2.05, 4.69) is 17.0 Å². The number of carbonyl (C=O) groups excluding carboxylic acids is 2. The molecule has 0 fully saturated rings. The van der Waals surface area contributed by atoms with Crippen LogP contribution in [0.3, 0.4) is 0 Å². The minimum Gasteiger partial charge on any atom is -0.469 e. The molecule has 0 aliphatic rings. The second kappa shape index (κ2) is 8.03. The summed E-state index contributed by atoms with van der Waals surface area (Å²) in [6, 6.07) is 0. The van der Waals surface area contributed by atoms with Crippen LogP contribution in [-0.2, 0) is 14.3 Å². The Labute approximate surface area is 90.7 Å². The van der Waals surface area contributed by atoms with Crippen molar-refractivity contribution in [2.45, 2.75) is 33.1 Å². The quantitative estimate of drug-likeness (QED) is 0.536. The third-order valence-corrected chi connectivity index (χ3v) is 1.88. The van der Waals surface area contributed by atoms with Gasteiger partial charge in [-0.3, -0.25) is 9.59 Å². The minimum absolute atomic E-state index is 0.148. The number of hydrogen-bond donors (Lipinski definition) is 1. The summed E-state index contributed by atoms with van der Waals surface area (Å²) in [6.07, 6.45) is 3.73. The number of esters is 1. The molecule has 0 unspecified atom stereocenters. The molecule has 4 nitrogen and oxygen atoms in total. The third kappa shape index (κ3) is 7.73. The Bertz CT molecular complexity index is 246. The molecular weight excluding hydrogens is 194 g/mol. The Hall–Kier alpha value is -1.32. The van der Waals surface area contributed by atoms with Gasteiger partial charge < -0.3 is 10.1 Å². The smallest absolute Gasteiger partial charge is 0.307 e. The largest absolute Gasteiger partial charge is 0.469 e. The molecule has 4 heteroatoms. The Balaban J connectivity index is 3.75. The lowest BCUT2D eigenvalue weighted by Gasteiger charge is -2.02. The van der Waals surface area contributed by atoms with Gasteiger partial charge in [0, 0.05) is 12.6 Å². The predicted octanol–water partition coefficient (Wildman–Crippen LogP) is 1.41. The second-order valence-corrected chi connectivity index (χ2v) is 3.36. The summed E-state index contributed by atoms with van der Waals surface area (Å²) < 4.78 is 4.45. The monoisotopic (exact) mass is 213 g/mol. The van der Waals surface area contributed by atoms with E-state index >= 15 is 0 Å². The van der Waals surface area contributed by atoms with Crippen LogP contribution in [0.15, 0.2) is 11.6 Å². The number of ether oxygens (including phenoxy) is 1. The number of amides is 1. The lowest BCUT2D eigenvalue weighted by Crippen LogP contribution is -2.24. The molecule has 0 atom stereocenters. The van der Waals surface area contributed by atoms with E-state index in [4.69, 9.17) is 0 Å². The van der Waals surface area contributed by atoms with E-state index < -0.39 is 0 Å². The van der Waals surface area contributed by atoms with Crippen LogP contribution in [0.2, 0.25) is 0 Å². The van der Waals surface area contributed by atoms with E-state index in [9.17, 15) is 9.59 Å². The molecule has 15 heavy (non-hydrogen) atoms. The van der Waals surface area contributed by atoms with Gasteiger partial charge >= 0.3 is 5.97 Å². The second-order valence-electron chi connectivity index (χ2n) is 3.36. The van der Waals surface area contributed by atoms with Crippen molar-refractivity contribution in [2.75, 3.05) is 13.7 Å². The minimum atomic E-state index is -0.315. The van der Waals surface area contributed by atoms with Crippen LogP contribution in [0, 0.1) is 0 Å². The van der Waals surface area contributed by atoms with Gasteiger partial charge in [-0.2, -0.15) is 0 Å². The van der Waals surface area contributed by atoms with Crippen LogP contribution in [0.4, 0.5) is 0 Å². The van der Waals surface area contributed by atoms with Crippen molar-refractivity contribution in [3.05, 3.63) is 11.6 Å². The highest BCUT2D eigenvalue weighted by atomic mass is 16.5. The maximum Gasteiger partial charge on any atom is 0.307 e. The molecule has 0 aromatic rings. The summed E-state index contributed by atoms with van der Waals surface area (Å²) in [5.41, 5.74) is 1.05. The summed E-state index contributed by atoms with van der Waals surface area (Å²) in [5, 5.41) is 2.62. The van der Waals surface area contributed by atoms with Crippen LogP contribution < -0.4 is 5.32 Å². The lowest BCUT2D eigenvalue weighted by molar-refractivity contribution is -0.140. The molecule has 0 radical (unpaired) electrons. The first kappa shape index (κ1) is 13.7. The predicted molar refractivity (Wildman–Crippen MR) is 58.3 cm³/mol. The van der Waals surface area contributed by atoms with Crippen LogP contribution in [0.25, 0.3) is 0 Å². The number of hydrogen-bond acceptors (Lipinski definition) is 3. The highest BCUT2D eigenvalue weighted by Gasteiger charge is 2.01. The summed E-state index contributed by atoms with van der Waals surface area (Å²) in [4.78, 5) is 22.0. The molecule has 0 aliphatic carbocycles. The van der Waals surface area contributed by atoms with E-state index in [1.807, 2.05) is 6.92 Å². The third-order valence-electron chi connectivity index (χ3n) is 1.88. The van der Waals surface area contributed by atoms with Gasteiger partial charge in [0.05, 0.1) is 13.5 Å². The standard InChI is InChI=1S/C11H19NO3/c1-4-5-9(2)8-10(13)12-7-6-11(14)15-3/h8H,4-7H2,1-3H3,(H,12,13)/b9-8+. The number of rotatable bonds is 6. The molecular formula is C11H19NO3. The van der Waals surface area contributed by atoms with Gasteiger partial charge in [0.2, 0.25) is 5.91 Å². The fourth-order valence-corrected chi connectivity index (χ4v) is 1.13. The first-order valence-electron chi connectivity index (χ1n) is 5.12. The average molecular weight is 213 g/mol. The maximum absolute atomic E-state index is 11.3. The Morgan fingerprint density at radius 2 is 2.00 bits per heavy atom. The Kier molecular flexibility index (Phi) is 7.32. The van der Waals surface area contributed by atoms with E-state index in [1.54, 1.807) is 6.08 Å². The first-order valence-corrected chi connectivity index (χ1v) is 5.12. The van der Waals surface area contributed by atoms with Gasteiger partial charge in [-0.05, 0) is 13.3 Å². The van der Waals surface area contributed by atoms with Crippen molar-refractivity contribution in [3.63, 3.8) is 0 Å². The topological polar surface area (TPSA) is 55.4 Å². The SMILES string of the molecule is CCC/C(C)=C/C(=O)NCCC(=O)OC. The summed E-state index contributed by atoms with van der Waals surface area (Å²) in [7, 11) is 1.33. The Morgan fingerprint density at radius 3 is 2.53 bits per heavy atom. The lowest BCUT2D eigenvalue weighted by atomic mass is 10.1. The van der Waals surface area contributed by atoms with Crippen molar-refractivity contribution < 1.29 is 14.3 Å². The molecule has 0 saturated carbocycles. The zero-order chi connectivity index (χ0) is 11.7. The Morgan fingerprint density at radius 1 is 1.33 bits per heavy atom. The normalized spacial score (nSPS) is 11.0. The molecule has 0 aliphatic heterocycles. The molecule has 1 amide bonds. The van der Waals surface area contributed by atoms with E-state index in [0.29, 0.717) is 6.54 Å². The zero-order valence-electron chi connectivity index (χ0n) is 9.63. The highest BCUT2D eigenvalue weighted by Crippen LogP contribution is 2.01. The number of allylic oxidation sites excluding steroid dienone is 1. The van der Waals surface area contributed by atoms with Crippen molar-refractivity contribution >= 4 is 11.9 Å². The number of nitrogens with one attached hydrogen (secondary N) is 1. The molecule has 0 rings (SSSR count). The molecule has 0 spiro atoms. The fourth-order valence-electron chi connectivity index (χ4n) is 1.13. The van der Waals surface area contributed by atoms with E-state index in [-0.39, 0.29) is 18.3 Å². The van der Waals surface area contributed by atoms with Gasteiger partial charge in [0.15, 0.2) is 0 Å². The van der Waals surface area contributed by atoms with Gasteiger partial charge in [0.25, 0.3) is 0 Å². The van der Waals surface area contributed by atoms with Crippen LogP contribution >= 0.6 is 0 Å². The molecule has 0 saturated heterocycles. The molecule has 86 valence electrons. The summed E-state index contributed by atoms with van der Waals surface area (Å²) >= 11 is 0. The average Bonchev–Trinajstić information content (AvgIpc) is 2.17. The zero-order valence-corrected chi connectivity index (χ0v) is 9.63. The molecule has 1 N–H and O–H groups in total. The summed E-state index contributed by atoms with van der Waals surface area (Å²) in [6.45, 7) is 4.30. The van der Waals surface area contributed by atoms with E-state index in [0.717, 1.165) is 18.4 Å². The van der Waals surface area contributed by atoms with Crippen molar-refractivity contribution in [2.24, 2.45) is 0 Å². The van der Waals surface area contributed by atoms with Crippen LogP contribution in [0.1, 0.15) is 33.1 Å². The van der Waals surface area contributed by atoms with Crippen molar-refractivity contribution in [1.82, 2.24) is 5.32 Å². The van der Waals surface area contributed by atoms with Gasteiger partial charge in [0.1, 0.15) is 0 Å². The summed E-state index contributed by atoms with van der Waals surface area (Å²) in [5.74, 6) is -0.464. The highest BCUT2D eigenvalue weighted by molar-refractivity contribution is 5.88. The van der Waals surface area contributed by atoms with Crippen molar-refractivity contribution in [1.29, 1.82) is 0 Å². The number of carbonyl (C=O) groups is 2. The number of methoxy groups -OCH3 is 1. The van der Waals surface area contributed by atoms with Gasteiger partial charge in [-0.25, -0.2) is 0 Å². The molecule has 0 bridgehead atoms. The molecule has 0 aromatic heterocycles. The first-order chi connectivity index (χ1) is 7.10. The molecule has 0 aromatic carbocycles. The van der Waals surface area contributed by atoms with Crippen LogP contribution in [-0.4, -0.2) is 25.5 Å².